The first-order valence-electron chi connectivity index (χ1n) is 6.06. The summed E-state index contributed by atoms with van der Waals surface area (Å²) in [5.74, 6) is 0.893. The number of benzene rings is 2. The van der Waals surface area contributed by atoms with Crippen molar-refractivity contribution in [3.05, 3.63) is 53.6 Å². The zero-order valence-electron chi connectivity index (χ0n) is 11.4. The fourth-order valence-electron chi connectivity index (χ4n) is 2.03. The highest BCUT2D eigenvalue weighted by Crippen LogP contribution is 2.28. The van der Waals surface area contributed by atoms with Crippen LogP contribution in [0.15, 0.2) is 42.5 Å². The Hall–Kier alpha value is -1.96. The average Bonchev–Trinajstić information content (AvgIpc) is 2.37. The highest BCUT2D eigenvalue weighted by atomic mass is 16.5. The summed E-state index contributed by atoms with van der Waals surface area (Å²) in [4.78, 5) is 2.17. The fraction of sp³-hybridized carbons (Fsp3) is 0.250. The molecule has 0 spiro atoms. The third-order valence-corrected chi connectivity index (χ3v) is 3.05. The maximum Gasteiger partial charge on any atom is 0.121 e. The van der Waals surface area contributed by atoms with E-state index in [1.54, 1.807) is 7.11 Å². The Kier molecular flexibility index (Phi) is 3.56. The van der Waals surface area contributed by atoms with Crippen LogP contribution in [0.3, 0.4) is 0 Å². The van der Waals surface area contributed by atoms with Gasteiger partial charge in [0.15, 0.2) is 0 Å². The summed E-state index contributed by atoms with van der Waals surface area (Å²) in [6.45, 7) is 4.18. The van der Waals surface area contributed by atoms with Gasteiger partial charge in [0.2, 0.25) is 0 Å². The molecule has 0 atom stereocenters. The third kappa shape index (κ3) is 2.65. The topological polar surface area (TPSA) is 12.5 Å². The molecule has 0 heterocycles. The van der Waals surface area contributed by atoms with Gasteiger partial charge in [-0.3, -0.25) is 0 Å². The van der Waals surface area contributed by atoms with Crippen LogP contribution in [0.25, 0.3) is 0 Å². The van der Waals surface area contributed by atoms with Gasteiger partial charge in [-0.15, -0.1) is 0 Å². The first kappa shape index (κ1) is 12.5. The number of rotatable bonds is 3. The molecule has 0 unspecified atom stereocenters. The largest absolute Gasteiger partial charge is 0.497 e. The smallest absolute Gasteiger partial charge is 0.121 e. The van der Waals surface area contributed by atoms with Crippen LogP contribution < -0.4 is 9.64 Å². The van der Waals surface area contributed by atoms with E-state index in [0.29, 0.717) is 0 Å². The summed E-state index contributed by atoms with van der Waals surface area (Å²) in [6, 6.07) is 14.7. The Bertz CT molecular complexity index is 549. The summed E-state index contributed by atoms with van der Waals surface area (Å²) in [6.07, 6.45) is 0. The van der Waals surface area contributed by atoms with Gasteiger partial charge in [-0.2, -0.15) is 0 Å². The van der Waals surface area contributed by atoms with Crippen molar-refractivity contribution in [3.63, 3.8) is 0 Å². The maximum absolute atomic E-state index is 5.32. The lowest BCUT2D eigenvalue weighted by Crippen LogP contribution is -2.09. The molecule has 0 radical (unpaired) electrons. The quantitative estimate of drug-likeness (QED) is 0.802. The van der Waals surface area contributed by atoms with Gasteiger partial charge < -0.3 is 9.64 Å². The van der Waals surface area contributed by atoms with Crippen LogP contribution >= 0.6 is 0 Å². The third-order valence-electron chi connectivity index (χ3n) is 3.05. The van der Waals surface area contributed by atoms with E-state index in [4.69, 9.17) is 4.74 Å². The minimum Gasteiger partial charge on any atom is -0.497 e. The predicted octanol–water partition coefficient (Wildman–Crippen LogP) is 4.08. The minimum absolute atomic E-state index is 0.893. The van der Waals surface area contributed by atoms with Gasteiger partial charge >= 0.3 is 0 Å². The number of ether oxygens (including phenoxy) is 1. The molecule has 2 nitrogen and oxygen atoms in total. The van der Waals surface area contributed by atoms with Crippen LogP contribution in [0.4, 0.5) is 11.4 Å². The van der Waals surface area contributed by atoms with Gasteiger partial charge in [0.05, 0.1) is 7.11 Å². The van der Waals surface area contributed by atoms with E-state index in [-0.39, 0.29) is 0 Å². The molecule has 0 bridgehead atoms. The summed E-state index contributed by atoms with van der Waals surface area (Å²) in [5.41, 5.74) is 4.78. The number of methoxy groups -OCH3 is 1. The molecule has 2 aromatic carbocycles. The van der Waals surface area contributed by atoms with Crippen molar-refractivity contribution >= 4 is 11.4 Å². The van der Waals surface area contributed by atoms with Gasteiger partial charge in [-0.05, 0) is 49.2 Å². The first-order chi connectivity index (χ1) is 8.60. The van der Waals surface area contributed by atoms with Gasteiger partial charge in [0.25, 0.3) is 0 Å². The van der Waals surface area contributed by atoms with E-state index in [0.717, 1.165) is 11.4 Å². The minimum atomic E-state index is 0.893. The van der Waals surface area contributed by atoms with Crippen molar-refractivity contribution in [2.45, 2.75) is 13.8 Å². The van der Waals surface area contributed by atoms with Crippen molar-refractivity contribution in [3.8, 4) is 5.75 Å². The molecule has 0 aliphatic heterocycles. The molecule has 2 heteroatoms. The molecule has 0 N–H and O–H groups in total. The normalized spacial score (nSPS) is 10.2. The van der Waals surface area contributed by atoms with Gasteiger partial charge in [-0.25, -0.2) is 0 Å². The molecular formula is C16H19NO. The Morgan fingerprint density at radius 3 is 2.28 bits per heavy atom. The number of nitrogens with zero attached hydrogens (tertiary/aromatic N) is 1. The maximum atomic E-state index is 5.32. The standard InChI is InChI=1S/C16H19NO/c1-12-6-5-7-14(8-12)17(3)15-9-13(2)10-16(11-15)18-4/h5-11H,1-4H3. The van der Waals surface area contributed by atoms with E-state index in [9.17, 15) is 0 Å². The van der Waals surface area contributed by atoms with E-state index >= 15 is 0 Å². The molecule has 0 saturated carbocycles. The summed E-state index contributed by atoms with van der Waals surface area (Å²) in [7, 11) is 3.77. The lowest BCUT2D eigenvalue weighted by atomic mass is 10.1. The van der Waals surface area contributed by atoms with Gasteiger partial charge in [-0.1, -0.05) is 12.1 Å². The first-order valence-corrected chi connectivity index (χ1v) is 6.06. The SMILES string of the molecule is COc1cc(C)cc(N(C)c2cccc(C)c2)c1. The molecular weight excluding hydrogens is 222 g/mol. The number of hydrogen-bond acceptors (Lipinski definition) is 2. The van der Waals surface area contributed by atoms with Crippen molar-refractivity contribution in [1.29, 1.82) is 0 Å². The summed E-state index contributed by atoms with van der Waals surface area (Å²) in [5, 5.41) is 0. The lowest BCUT2D eigenvalue weighted by Gasteiger charge is -2.21. The second kappa shape index (κ2) is 5.13. The molecule has 0 fully saturated rings. The molecule has 0 aromatic heterocycles. The van der Waals surface area contributed by atoms with Crippen LogP contribution in [-0.2, 0) is 0 Å². The zero-order valence-corrected chi connectivity index (χ0v) is 11.4. The van der Waals surface area contributed by atoms with E-state index in [1.165, 1.54) is 16.8 Å². The van der Waals surface area contributed by atoms with E-state index < -0.39 is 0 Å². The monoisotopic (exact) mass is 241 g/mol. The van der Waals surface area contributed by atoms with E-state index in [1.807, 2.05) is 6.07 Å². The van der Waals surface area contributed by atoms with Crippen molar-refractivity contribution in [1.82, 2.24) is 0 Å². The number of anilines is 2. The second-order valence-electron chi connectivity index (χ2n) is 4.61. The Balaban J connectivity index is 2.39. The zero-order chi connectivity index (χ0) is 13.1. The summed E-state index contributed by atoms with van der Waals surface area (Å²) < 4.78 is 5.32. The Morgan fingerprint density at radius 1 is 0.889 bits per heavy atom. The summed E-state index contributed by atoms with van der Waals surface area (Å²) >= 11 is 0. The lowest BCUT2D eigenvalue weighted by molar-refractivity contribution is 0.414. The molecule has 2 rings (SSSR count). The molecule has 0 amide bonds. The Morgan fingerprint density at radius 2 is 1.61 bits per heavy atom. The van der Waals surface area contributed by atoms with Crippen molar-refractivity contribution in [2.75, 3.05) is 19.1 Å². The van der Waals surface area contributed by atoms with Crippen LogP contribution in [0.5, 0.6) is 5.75 Å². The Labute approximate surface area is 109 Å². The molecule has 0 aliphatic carbocycles. The molecule has 94 valence electrons. The number of hydrogen-bond donors (Lipinski definition) is 0. The molecule has 2 aromatic rings. The van der Waals surface area contributed by atoms with Crippen LogP contribution in [-0.4, -0.2) is 14.2 Å². The van der Waals surface area contributed by atoms with E-state index in [2.05, 4.69) is 62.2 Å². The molecule has 18 heavy (non-hydrogen) atoms. The average molecular weight is 241 g/mol. The van der Waals surface area contributed by atoms with Gasteiger partial charge in [0, 0.05) is 24.5 Å². The van der Waals surface area contributed by atoms with Crippen molar-refractivity contribution < 1.29 is 4.74 Å². The fourth-order valence-corrected chi connectivity index (χ4v) is 2.03. The highest BCUT2D eigenvalue weighted by molar-refractivity contribution is 5.65. The van der Waals surface area contributed by atoms with Crippen LogP contribution in [0.1, 0.15) is 11.1 Å². The van der Waals surface area contributed by atoms with Crippen molar-refractivity contribution in [2.24, 2.45) is 0 Å². The molecule has 0 aliphatic rings. The molecule has 0 saturated heterocycles. The van der Waals surface area contributed by atoms with Crippen LogP contribution in [0, 0.1) is 13.8 Å². The van der Waals surface area contributed by atoms with Gasteiger partial charge in [0.1, 0.15) is 5.75 Å². The highest BCUT2D eigenvalue weighted by Gasteiger charge is 2.06. The van der Waals surface area contributed by atoms with Crippen LogP contribution in [0.2, 0.25) is 0 Å². The predicted molar refractivity (Wildman–Crippen MR) is 77.0 cm³/mol. The number of aryl methyl sites for hydroxylation is 2. The second-order valence-corrected chi connectivity index (χ2v) is 4.61.